The highest BCUT2D eigenvalue weighted by Gasteiger charge is 2.14. The van der Waals surface area contributed by atoms with E-state index in [1.165, 1.54) is 12.4 Å². The highest BCUT2D eigenvalue weighted by molar-refractivity contribution is 5.40. The average Bonchev–Trinajstić information content (AvgIpc) is 2.39. The van der Waals surface area contributed by atoms with Crippen LogP contribution in [0.1, 0.15) is 22.7 Å². The van der Waals surface area contributed by atoms with Crippen molar-refractivity contribution < 1.29 is 9.13 Å². The molecule has 3 nitrogen and oxygen atoms in total. The number of nitrogens with two attached hydrogens (primary N) is 1. The van der Waals surface area contributed by atoms with E-state index in [0.717, 1.165) is 16.9 Å². The van der Waals surface area contributed by atoms with Crippen LogP contribution in [0.5, 0.6) is 5.75 Å². The van der Waals surface area contributed by atoms with Crippen molar-refractivity contribution in [3.63, 3.8) is 0 Å². The second kappa shape index (κ2) is 5.14. The Hall–Kier alpha value is -1.94. The minimum atomic E-state index is -0.525. The Balaban J connectivity index is 2.40. The Labute approximate surface area is 105 Å². The quantitative estimate of drug-likeness (QED) is 0.905. The zero-order valence-electron chi connectivity index (χ0n) is 10.4. The lowest BCUT2D eigenvalue weighted by Crippen LogP contribution is -2.14. The fraction of sp³-hybridized carbons (Fsp3) is 0.214. The van der Waals surface area contributed by atoms with Crippen LogP contribution in [-0.2, 0) is 0 Å². The fourth-order valence-corrected chi connectivity index (χ4v) is 1.85. The van der Waals surface area contributed by atoms with Gasteiger partial charge in [-0.15, -0.1) is 0 Å². The number of benzene rings is 1. The van der Waals surface area contributed by atoms with Gasteiger partial charge in [0.15, 0.2) is 0 Å². The maximum atomic E-state index is 13.6. The van der Waals surface area contributed by atoms with Gasteiger partial charge in [-0.05, 0) is 30.2 Å². The summed E-state index contributed by atoms with van der Waals surface area (Å²) in [5.74, 6) is 0.349. The molecule has 2 N–H and O–H groups in total. The van der Waals surface area contributed by atoms with Gasteiger partial charge in [-0.1, -0.05) is 12.1 Å². The summed E-state index contributed by atoms with van der Waals surface area (Å²) in [6.07, 6.45) is 2.70. The lowest BCUT2D eigenvalue weighted by molar-refractivity contribution is 0.411. The Kier molecular flexibility index (Phi) is 3.58. The van der Waals surface area contributed by atoms with E-state index in [1.807, 2.05) is 25.1 Å². The molecular formula is C14H15FN2O. The van der Waals surface area contributed by atoms with Crippen molar-refractivity contribution in [2.75, 3.05) is 7.11 Å². The van der Waals surface area contributed by atoms with Crippen LogP contribution >= 0.6 is 0 Å². The molecule has 0 aliphatic heterocycles. The molecule has 2 rings (SSSR count). The van der Waals surface area contributed by atoms with E-state index in [9.17, 15) is 4.39 Å². The standard InChI is InChI=1S/C14H15FN2O/c1-9-3-4-10(7-13(9)18-2)14(16)11-5-6-17-8-12(11)15/h3-8,14H,16H2,1-2H3. The summed E-state index contributed by atoms with van der Waals surface area (Å²) in [6, 6.07) is 6.68. The minimum Gasteiger partial charge on any atom is -0.496 e. The Morgan fingerprint density at radius 1 is 1.33 bits per heavy atom. The lowest BCUT2D eigenvalue weighted by atomic mass is 9.99. The van der Waals surface area contributed by atoms with E-state index >= 15 is 0 Å². The molecule has 0 saturated heterocycles. The number of hydrogen-bond donors (Lipinski definition) is 1. The number of aromatic nitrogens is 1. The molecule has 94 valence electrons. The van der Waals surface area contributed by atoms with E-state index in [0.29, 0.717) is 5.56 Å². The van der Waals surface area contributed by atoms with Crippen LogP contribution in [0.2, 0.25) is 0 Å². The SMILES string of the molecule is COc1cc(C(N)c2ccncc2F)ccc1C. The number of pyridine rings is 1. The first-order valence-electron chi connectivity index (χ1n) is 5.63. The van der Waals surface area contributed by atoms with Crippen molar-refractivity contribution in [3.05, 3.63) is 59.2 Å². The van der Waals surface area contributed by atoms with Crippen molar-refractivity contribution in [3.8, 4) is 5.75 Å². The molecule has 18 heavy (non-hydrogen) atoms. The summed E-state index contributed by atoms with van der Waals surface area (Å²) in [5.41, 5.74) is 8.32. The van der Waals surface area contributed by atoms with Crippen molar-refractivity contribution in [2.45, 2.75) is 13.0 Å². The molecule has 0 fully saturated rings. The summed E-state index contributed by atoms with van der Waals surface area (Å²) < 4.78 is 18.9. The largest absolute Gasteiger partial charge is 0.496 e. The van der Waals surface area contributed by atoms with Gasteiger partial charge < -0.3 is 10.5 Å². The van der Waals surface area contributed by atoms with Gasteiger partial charge in [0.05, 0.1) is 19.3 Å². The summed E-state index contributed by atoms with van der Waals surface area (Å²) >= 11 is 0. The number of aryl methyl sites for hydroxylation is 1. The van der Waals surface area contributed by atoms with E-state index in [2.05, 4.69) is 4.98 Å². The lowest BCUT2D eigenvalue weighted by Gasteiger charge is -2.15. The van der Waals surface area contributed by atoms with Gasteiger partial charge in [0, 0.05) is 11.8 Å². The first-order valence-corrected chi connectivity index (χ1v) is 5.63. The minimum absolute atomic E-state index is 0.399. The summed E-state index contributed by atoms with van der Waals surface area (Å²) in [4.78, 5) is 3.71. The predicted octanol–water partition coefficient (Wildman–Crippen LogP) is 2.59. The molecule has 0 spiro atoms. The molecule has 0 aliphatic carbocycles. The molecule has 1 aromatic carbocycles. The molecule has 0 bridgehead atoms. The van der Waals surface area contributed by atoms with Crippen molar-refractivity contribution in [1.29, 1.82) is 0 Å². The van der Waals surface area contributed by atoms with Crippen LogP contribution in [0.25, 0.3) is 0 Å². The molecule has 1 unspecified atom stereocenters. The molecule has 0 saturated carbocycles. The summed E-state index contributed by atoms with van der Waals surface area (Å²) in [5, 5.41) is 0. The van der Waals surface area contributed by atoms with Crippen LogP contribution in [-0.4, -0.2) is 12.1 Å². The van der Waals surface area contributed by atoms with Gasteiger partial charge in [-0.25, -0.2) is 4.39 Å². The van der Waals surface area contributed by atoms with Gasteiger partial charge in [0.25, 0.3) is 0 Å². The smallest absolute Gasteiger partial charge is 0.146 e. The van der Waals surface area contributed by atoms with E-state index in [1.54, 1.807) is 13.2 Å². The van der Waals surface area contributed by atoms with Gasteiger partial charge in [-0.2, -0.15) is 0 Å². The average molecular weight is 246 g/mol. The molecule has 1 heterocycles. The predicted molar refractivity (Wildman–Crippen MR) is 68.0 cm³/mol. The third-order valence-electron chi connectivity index (χ3n) is 2.93. The maximum absolute atomic E-state index is 13.6. The summed E-state index contributed by atoms with van der Waals surface area (Å²) in [6.45, 7) is 1.95. The third-order valence-corrected chi connectivity index (χ3v) is 2.93. The van der Waals surface area contributed by atoms with Gasteiger partial charge in [0.2, 0.25) is 0 Å². The van der Waals surface area contributed by atoms with Crippen LogP contribution in [0.4, 0.5) is 4.39 Å². The monoisotopic (exact) mass is 246 g/mol. The number of hydrogen-bond acceptors (Lipinski definition) is 3. The number of halogens is 1. The van der Waals surface area contributed by atoms with Gasteiger partial charge in [0.1, 0.15) is 11.6 Å². The first-order chi connectivity index (χ1) is 8.63. The van der Waals surface area contributed by atoms with E-state index in [4.69, 9.17) is 10.5 Å². The number of rotatable bonds is 3. The third kappa shape index (κ3) is 2.33. The molecule has 0 aliphatic rings. The molecule has 4 heteroatoms. The van der Waals surface area contributed by atoms with Crippen LogP contribution < -0.4 is 10.5 Å². The normalized spacial score (nSPS) is 12.2. The second-order valence-corrected chi connectivity index (χ2v) is 4.10. The van der Waals surface area contributed by atoms with Crippen LogP contribution in [0.15, 0.2) is 36.7 Å². The van der Waals surface area contributed by atoms with Crippen molar-refractivity contribution >= 4 is 0 Å². The zero-order valence-corrected chi connectivity index (χ0v) is 10.4. The first kappa shape index (κ1) is 12.5. The Bertz CT molecular complexity index is 557. The highest BCUT2D eigenvalue weighted by atomic mass is 19.1. The van der Waals surface area contributed by atoms with E-state index in [-0.39, 0.29) is 0 Å². The molecule has 1 aromatic heterocycles. The number of methoxy groups -OCH3 is 1. The van der Waals surface area contributed by atoms with Gasteiger partial charge >= 0.3 is 0 Å². The molecule has 1 atom stereocenters. The second-order valence-electron chi connectivity index (χ2n) is 4.10. The highest BCUT2D eigenvalue weighted by Crippen LogP contribution is 2.26. The van der Waals surface area contributed by atoms with Crippen molar-refractivity contribution in [1.82, 2.24) is 4.98 Å². The number of nitrogens with zero attached hydrogens (tertiary/aromatic N) is 1. The summed E-state index contributed by atoms with van der Waals surface area (Å²) in [7, 11) is 1.60. The van der Waals surface area contributed by atoms with Crippen LogP contribution in [0.3, 0.4) is 0 Å². The van der Waals surface area contributed by atoms with Crippen LogP contribution in [0, 0.1) is 12.7 Å². The zero-order chi connectivity index (χ0) is 13.1. The maximum Gasteiger partial charge on any atom is 0.146 e. The molecule has 2 aromatic rings. The fourth-order valence-electron chi connectivity index (χ4n) is 1.85. The Morgan fingerprint density at radius 3 is 2.78 bits per heavy atom. The molecule has 0 radical (unpaired) electrons. The van der Waals surface area contributed by atoms with Gasteiger partial charge in [-0.3, -0.25) is 4.98 Å². The number of ether oxygens (including phenoxy) is 1. The Morgan fingerprint density at radius 2 is 2.11 bits per heavy atom. The topological polar surface area (TPSA) is 48.1 Å². The molecule has 0 amide bonds. The van der Waals surface area contributed by atoms with E-state index < -0.39 is 11.9 Å². The van der Waals surface area contributed by atoms with Crippen molar-refractivity contribution in [2.24, 2.45) is 5.73 Å². The molecular weight excluding hydrogens is 231 g/mol.